The van der Waals surface area contributed by atoms with Gasteiger partial charge in [0.1, 0.15) is 0 Å². The second-order valence-corrected chi connectivity index (χ2v) is 7.50. The summed E-state index contributed by atoms with van der Waals surface area (Å²) in [4.78, 5) is 6.04. The molecule has 0 spiro atoms. The molecule has 1 rings (SSSR count). The van der Waals surface area contributed by atoms with Gasteiger partial charge >= 0.3 is 0 Å². The topological polar surface area (TPSA) is 45.2 Å². The summed E-state index contributed by atoms with van der Waals surface area (Å²) in [7, 11) is 0. The molecular weight excluding hydrogens is 256 g/mol. The van der Waals surface area contributed by atoms with Crippen molar-refractivity contribution in [2.24, 2.45) is 5.92 Å². The van der Waals surface area contributed by atoms with Gasteiger partial charge in [0.05, 0.1) is 10.7 Å². The lowest BCUT2D eigenvalue weighted by Gasteiger charge is -2.17. The highest BCUT2D eigenvalue weighted by Gasteiger charge is 2.22. The molecule has 0 radical (unpaired) electrons. The normalized spacial score (nSPS) is 15.5. The summed E-state index contributed by atoms with van der Waals surface area (Å²) >= 11 is 1.82. The number of aliphatic hydroxyl groups is 1. The number of nitrogens with one attached hydrogen (secondary N) is 1. The molecule has 2 N–H and O–H groups in total. The molecule has 1 heterocycles. The van der Waals surface area contributed by atoms with E-state index in [1.54, 1.807) is 0 Å². The Balaban J connectivity index is 2.67. The lowest BCUT2D eigenvalue weighted by Crippen LogP contribution is -2.24. The Morgan fingerprint density at radius 2 is 1.95 bits per heavy atom. The predicted octanol–water partition coefficient (Wildman–Crippen LogP) is 3.42. The van der Waals surface area contributed by atoms with Crippen molar-refractivity contribution in [1.82, 2.24) is 10.3 Å². The highest BCUT2D eigenvalue weighted by Crippen LogP contribution is 2.32. The van der Waals surface area contributed by atoms with Gasteiger partial charge < -0.3 is 10.4 Å². The van der Waals surface area contributed by atoms with E-state index in [0.29, 0.717) is 12.0 Å². The van der Waals surface area contributed by atoms with E-state index in [0.717, 1.165) is 18.7 Å². The lowest BCUT2D eigenvalue weighted by atomic mass is 9.98. The summed E-state index contributed by atoms with van der Waals surface area (Å²) in [5.74, 6) is 0.503. The summed E-state index contributed by atoms with van der Waals surface area (Å²) in [5, 5.41) is 13.7. The van der Waals surface area contributed by atoms with Crippen LogP contribution in [0, 0.1) is 12.8 Å². The van der Waals surface area contributed by atoms with Crippen molar-refractivity contribution < 1.29 is 5.11 Å². The molecule has 4 heteroatoms. The fourth-order valence-electron chi connectivity index (χ4n) is 1.92. The number of aryl methyl sites for hydroxylation is 1. The minimum atomic E-state index is 0.123. The molecule has 0 bridgehead atoms. The molecule has 0 saturated heterocycles. The number of aliphatic hydroxyl groups excluding tert-OH is 1. The SMILES string of the molecule is Cc1nc(C(C)(C)C)sc1C(C)NCC(C)CCO. The number of hydrogen-bond donors (Lipinski definition) is 2. The molecule has 0 aromatic carbocycles. The van der Waals surface area contributed by atoms with Gasteiger partial charge in [-0.3, -0.25) is 0 Å². The highest BCUT2D eigenvalue weighted by atomic mass is 32.1. The van der Waals surface area contributed by atoms with Crippen LogP contribution in [0.4, 0.5) is 0 Å². The number of nitrogens with zero attached hydrogens (tertiary/aromatic N) is 1. The number of hydrogen-bond acceptors (Lipinski definition) is 4. The number of rotatable bonds is 6. The van der Waals surface area contributed by atoms with Gasteiger partial charge in [0.25, 0.3) is 0 Å². The fourth-order valence-corrected chi connectivity index (χ4v) is 3.07. The van der Waals surface area contributed by atoms with Crippen molar-refractivity contribution in [2.75, 3.05) is 13.2 Å². The van der Waals surface area contributed by atoms with Crippen molar-refractivity contribution in [3.63, 3.8) is 0 Å². The Kier molecular flexibility index (Phi) is 5.96. The first-order chi connectivity index (χ1) is 8.75. The zero-order chi connectivity index (χ0) is 14.6. The summed E-state index contributed by atoms with van der Waals surface area (Å²) in [5.41, 5.74) is 1.27. The third-order valence-corrected chi connectivity index (χ3v) is 5.03. The zero-order valence-corrected chi connectivity index (χ0v) is 13.9. The highest BCUT2D eigenvalue weighted by molar-refractivity contribution is 7.12. The summed E-state index contributed by atoms with van der Waals surface area (Å²) in [6.07, 6.45) is 0.856. The first-order valence-corrected chi connectivity index (χ1v) is 7.89. The van der Waals surface area contributed by atoms with E-state index < -0.39 is 0 Å². The maximum atomic E-state index is 8.92. The molecule has 3 nitrogen and oxygen atoms in total. The molecule has 1 aromatic rings. The van der Waals surface area contributed by atoms with Gasteiger partial charge in [-0.25, -0.2) is 4.98 Å². The molecule has 0 aliphatic heterocycles. The molecule has 0 aliphatic rings. The molecule has 2 unspecified atom stereocenters. The van der Waals surface area contributed by atoms with Gasteiger partial charge in [0.2, 0.25) is 0 Å². The van der Waals surface area contributed by atoms with Crippen LogP contribution in [0.5, 0.6) is 0 Å². The Labute approximate surface area is 121 Å². The van der Waals surface area contributed by atoms with E-state index in [-0.39, 0.29) is 12.0 Å². The van der Waals surface area contributed by atoms with Crippen LogP contribution >= 0.6 is 11.3 Å². The molecule has 19 heavy (non-hydrogen) atoms. The van der Waals surface area contributed by atoms with Crippen molar-refractivity contribution in [3.05, 3.63) is 15.6 Å². The first kappa shape index (κ1) is 16.6. The maximum absolute atomic E-state index is 8.92. The van der Waals surface area contributed by atoms with E-state index in [4.69, 9.17) is 10.1 Å². The third kappa shape index (κ3) is 4.86. The molecule has 0 amide bonds. The molecule has 0 saturated carbocycles. The first-order valence-electron chi connectivity index (χ1n) is 7.07. The van der Waals surface area contributed by atoms with Gasteiger partial charge in [-0.05, 0) is 32.7 Å². The quantitative estimate of drug-likeness (QED) is 0.841. The number of thiazole rings is 1. The van der Waals surface area contributed by atoms with Gasteiger partial charge in [0.15, 0.2) is 0 Å². The third-order valence-electron chi connectivity index (χ3n) is 3.26. The van der Waals surface area contributed by atoms with Crippen LogP contribution in [0.2, 0.25) is 0 Å². The molecule has 0 aliphatic carbocycles. The maximum Gasteiger partial charge on any atom is 0.0985 e. The molecular formula is C15H28N2OS. The largest absolute Gasteiger partial charge is 0.396 e. The van der Waals surface area contributed by atoms with Crippen LogP contribution < -0.4 is 5.32 Å². The average Bonchev–Trinajstić information content (AvgIpc) is 2.68. The average molecular weight is 284 g/mol. The van der Waals surface area contributed by atoms with Crippen molar-refractivity contribution in [1.29, 1.82) is 0 Å². The van der Waals surface area contributed by atoms with Crippen molar-refractivity contribution in [2.45, 2.75) is 59.4 Å². The van der Waals surface area contributed by atoms with Crippen LogP contribution in [-0.2, 0) is 5.41 Å². The molecule has 1 aromatic heterocycles. The lowest BCUT2D eigenvalue weighted by molar-refractivity contribution is 0.258. The Hall–Kier alpha value is -0.450. The van der Waals surface area contributed by atoms with E-state index in [1.165, 1.54) is 9.88 Å². The Bertz CT molecular complexity index is 395. The second-order valence-electron chi connectivity index (χ2n) is 6.47. The van der Waals surface area contributed by atoms with E-state index in [2.05, 4.69) is 46.9 Å². The van der Waals surface area contributed by atoms with Crippen LogP contribution in [0.15, 0.2) is 0 Å². The van der Waals surface area contributed by atoms with Crippen LogP contribution in [0.1, 0.15) is 62.7 Å². The minimum absolute atomic E-state index is 0.123. The van der Waals surface area contributed by atoms with Gasteiger partial charge in [-0.2, -0.15) is 0 Å². The van der Waals surface area contributed by atoms with Gasteiger partial charge in [-0.1, -0.05) is 27.7 Å². The van der Waals surface area contributed by atoms with Crippen molar-refractivity contribution in [3.8, 4) is 0 Å². The molecule has 2 atom stereocenters. The Morgan fingerprint density at radius 3 is 2.42 bits per heavy atom. The van der Waals surface area contributed by atoms with E-state index in [1.807, 2.05) is 11.3 Å². The van der Waals surface area contributed by atoms with Crippen LogP contribution in [0.3, 0.4) is 0 Å². The zero-order valence-electron chi connectivity index (χ0n) is 13.1. The fraction of sp³-hybridized carbons (Fsp3) is 0.800. The monoisotopic (exact) mass is 284 g/mol. The van der Waals surface area contributed by atoms with Crippen LogP contribution in [0.25, 0.3) is 0 Å². The summed E-state index contributed by atoms with van der Waals surface area (Å²) < 4.78 is 0. The van der Waals surface area contributed by atoms with Crippen molar-refractivity contribution >= 4 is 11.3 Å². The van der Waals surface area contributed by atoms with Gasteiger partial charge in [-0.15, -0.1) is 11.3 Å². The van der Waals surface area contributed by atoms with E-state index in [9.17, 15) is 0 Å². The van der Waals surface area contributed by atoms with Gasteiger partial charge in [0, 0.05) is 22.9 Å². The minimum Gasteiger partial charge on any atom is -0.396 e. The predicted molar refractivity (Wildman–Crippen MR) is 82.8 cm³/mol. The van der Waals surface area contributed by atoms with Crippen LogP contribution in [-0.4, -0.2) is 23.2 Å². The number of aromatic nitrogens is 1. The standard InChI is InChI=1S/C15H28N2OS/c1-10(7-8-18)9-16-11(2)13-12(3)17-14(19-13)15(4,5)6/h10-11,16,18H,7-9H2,1-6H3. The summed E-state index contributed by atoms with van der Waals surface area (Å²) in [6.45, 7) is 14.3. The second kappa shape index (κ2) is 6.82. The Morgan fingerprint density at radius 1 is 1.32 bits per heavy atom. The molecule has 110 valence electrons. The van der Waals surface area contributed by atoms with E-state index >= 15 is 0 Å². The molecule has 0 fully saturated rings. The summed E-state index contributed by atoms with van der Waals surface area (Å²) in [6, 6.07) is 0.328. The smallest absolute Gasteiger partial charge is 0.0985 e.